The lowest BCUT2D eigenvalue weighted by Crippen LogP contribution is -2.41. The molecule has 0 spiro atoms. The van der Waals surface area contributed by atoms with E-state index in [1.165, 1.54) is 31.0 Å². The van der Waals surface area contributed by atoms with Gasteiger partial charge in [-0.2, -0.15) is 0 Å². The van der Waals surface area contributed by atoms with Gasteiger partial charge in [0.1, 0.15) is 5.75 Å². The topological polar surface area (TPSA) is 90.9 Å². The van der Waals surface area contributed by atoms with E-state index in [0.717, 1.165) is 10.9 Å². The van der Waals surface area contributed by atoms with Gasteiger partial charge >= 0.3 is 0 Å². The third-order valence-electron chi connectivity index (χ3n) is 4.47. The summed E-state index contributed by atoms with van der Waals surface area (Å²) in [5.74, 6) is 1.44. The largest absolute Gasteiger partial charge is 0.507 e. The number of aromatic nitrogens is 3. The van der Waals surface area contributed by atoms with Gasteiger partial charge < -0.3 is 10.4 Å². The van der Waals surface area contributed by atoms with Crippen molar-refractivity contribution in [3.05, 3.63) is 22.7 Å². The van der Waals surface area contributed by atoms with Crippen molar-refractivity contribution in [2.75, 3.05) is 5.75 Å². The lowest BCUT2D eigenvalue weighted by molar-refractivity contribution is -0.119. The fourth-order valence-corrected chi connectivity index (χ4v) is 4.01. The number of thioether (sulfide) groups is 1. The Morgan fingerprint density at radius 1 is 1.44 bits per heavy atom. The van der Waals surface area contributed by atoms with E-state index in [-0.39, 0.29) is 23.5 Å². The number of nitrogens with zero attached hydrogens (tertiary/aromatic N) is 2. The summed E-state index contributed by atoms with van der Waals surface area (Å²) in [5, 5.41) is 20.5. The fourth-order valence-electron chi connectivity index (χ4n) is 3.04. The van der Waals surface area contributed by atoms with Crippen molar-refractivity contribution in [1.29, 1.82) is 0 Å². The van der Waals surface area contributed by atoms with Gasteiger partial charge in [-0.05, 0) is 37.0 Å². The molecular weight excluding hydrogens is 404 g/mol. The molecule has 134 valence electrons. The number of aromatic amines is 1. The maximum atomic E-state index is 12.2. The summed E-state index contributed by atoms with van der Waals surface area (Å²) >= 11 is 4.66. The third-order valence-corrected chi connectivity index (χ3v) is 5.81. The Morgan fingerprint density at radius 2 is 2.24 bits per heavy atom. The van der Waals surface area contributed by atoms with E-state index in [2.05, 4.69) is 43.4 Å². The quantitative estimate of drug-likeness (QED) is 0.636. The Bertz CT molecular complexity index is 752. The van der Waals surface area contributed by atoms with E-state index >= 15 is 0 Å². The SMILES string of the molecule is C[C@H]1CCCC[C@H]1NC(=O)CSc1n[nH]c(-c2cc(Br)ccc2O)n1. The number of H-pyrrole nitrogens is 1. The Morgan fingerprint density at radius 3 is 3.04 bits per heavy atom. The molecule has 1 amide bonds. The van der Waals surface area contributed by atoms with E-state index in [1.54, 1.807) is 18.2 Å². The van der Waals surface area contributed by atoms with Gasteiger partial charge in [0.15, 0.2) is 5.82 Å². The van der Waals surface area contributed by atoms with Crippen LogP contribution in [0, 0.1) is 5.92 Å². The van der Waals surface area contributed by atoms with Crippen LogP contribution in [0.5, 0.6) is 5.75 Å². The maximum absolute atomic E-state index is 12.2. The van der Waals surface area contributed by atoms with Crippen LogP contribution in [-0.2, 0) is 4.79 Å². The minimum atomic E-state index is 0.0143. The van der Waals surface area contributed by atoms with Gasteiger partial charge in [0.05, 0.1) is 11.3 Å². The lowest BCUT2D eigenvalue weighted by atomic mass is 9.86. The minimum absolute atomic E-state index is 0.0143. The molecule has 1 aromatic carbocycles. The molecule has 2 aromatic rings. The summed E-state index contributed by atoms with van der Waals surface area (Å²) in [6.45, 7) is 2.20. The molecule has 1 fully saturated rings. The summed E-state index contributed by atoms with van der Waals surface area (Å²) in [5.41, 5.74) is 0.564. The third kappa shape index (κ3) is 4.76. The summed E-state index contributed by atoms with van der Waals surface area (Å²) in [6, 6.07) is 5.39. The number of phenolic OH excluding ortho intramolecular Hbond substituents is 1. The monoisotopic (exact) mass is 424 g/mol. The normalized spacial score (nSPS) is 20.4. The van der Waals surface area contributed by atoms with Crippen LogP contribution in [-0.4, -0.2) is 38.0 Å². The summed E-state index contributed by atoms with van der Waals surface area (Å²) in [6.07, 6.45) is 4.68. The van der Waals surface area contributed by atoms with Crippen molar-refractivity contribution in [1.82, 2.24) is 20.5 Å². The van der Waals surface area contributed by atoms with Gasteiger partial charge in [-0.1, -0.05) is 47.5 Å². The second-order valence-corrected chi connectivity index (χ2v) is 8.21. The molecule has 1 saturated carbocycles. The number of hydrogen-bond donors (Lipinski definition) is 3. The standard InChI is InChI=1S/C17H21BrN4O2S/c1-10-4-2-3-5-13(10)19-15(24)9-25-17-20-16(21-22-17)12-8-11(18)6-7-14(12)23/h6-8,10,13,23H,2-5,9H2,1H3,(H,19,24)(H,20,21,22)/t10-,13+/m0/s1. The smallest absolute Gasteiger partial charge is 0.230 e. The highest BCUT2D eigenvalue weighted by Gasteiger charge is 2.23. The number of carbonyl (C=O) groups excluding carboxylic acids is 1. The number of aromatic hydroxyl groups is 1. The zero-order valence-electron chi connectivity index (χ0n) is 14.0. The molecule has 0 unspecified atom stereocenters. The van der Waals surface area contributed by atoms with Crippen LogP contribution in [0.2, 0.25) is 0 Å². The van der Waals surface area contributed by atoms with Crippen molar-refractivity contribution in [2.45, 2.75) is 43.8 Å². The number of rotatable bonds is 5. The van der Waals surface area contributed by atoms with Crippen LogP contribution in [0.3, 0.4) is 0 Å². The number of phenols is 1. The fraction of sp³-hybridized carbons (Fsp3) is 0.471. The van der Waals surface area contributed by atoms with E-state index in [0.29, 0.717) is 22.5 Å². The van der Waals surface area contributed by atoms with E-state index in [1.807, 2.05) is 0 Å². The van der Waals surface area contributed by atoms with Gasteiger partial charge in [0.25, 0.3) is 0 Å². The maximum Gasteiger partial charge on any atom is 0.230 e. The van der Waals surface area contributed by atoms with Crippen LogP contribution in [0.4, 0.5) is 0 Å². The molecule has 25 heavy (non-hydrogen) atoms. The van der Waals surface area contributed by atoms with Crippen molar-refractivity contribution in [3.63, 3.8) is 0 Å². The highest BCUT2D eigenvalue weighted by Crippen LogP contribution is 2.30. The predicted molar refractivity (Wildman–Crippen MR) is 101 cm³/mol. The first-order valence-electron chi connectivity index (χ1n) is 8.36. The number of carbonyl (C=O) groups is 1. The molecule has 1 aliphatic rings. The second-order valence-electron chi connectivity index (χ2n) is 6.35. The number of amides is 1. The predicted octanol–water partition coefficient (Wildman–Crippen LogP) is 3.73. The van der Waals surface area contributed by atoms with E-state index in [9.17, 15) is 9.90 Å². The zero-order chi connectivity index (χ0) is 17.8. The van der Waals surface area contributed by atoms with E-state index < -0.39 is 0 Å². The molecule has 2 atom stereocenters. The lowest BCUT2D eigenvalue weighted by Gasteiger charge is -2.29. The van der Waals surface area contributed by atoms with Crippen molar-refractivity contribution < 1.29 is 9.90 Å². The van der Waals surface area contributed by atoms with Crippen LogP contribution in [0.25, 0.3) is 11.4 Å². The van der Waals surface area contributed by atoms with Gasteiger partial charge in [-0.15, -0.1) is 5.10 Å². The Kier molecular flexibility index (Phi) is 6.01. The molecule has 1 aromatic heterocycles. The first kappa shape index (κ1) is 18.3. The van der Waals surface area contributed by atoms with Crippen LogP contribution in [0.1, 0.15) is 32.6 Å². The summed E-state index contributed by atoms with van der Waals surface area (Å²) in [4.78, 5) is 16.5. The average Bonchev–Trinajstić information content (AvgIpc) is 3.06. The number of hydrogen-bond acceptors (Lipinski definition) is 5. The molecule has 1 heterocycles. The second kappa shape index (κ2) is 8.23. The van der Waals surface area contributed by atoms with Gasteiger partial charge in [0, 0.05) is 10.5 Å². The molecule has 0 bridgehead atoms. The zero-order valence-corrected chi connectivity index (χ0v) is 16.4. The molecule has 0 saturated heterocycles. The van der Waals surface area contributed by atoms with Crippen LogP contribution < -0.4 is 5.32 Å². The van der Waals surface area contributed by atoms with E-state index in [4.69, 9.17) is 0 Å². The Balaban J connectivity index is 1.56. The van der Waals surface area contributed by atoms with Crippen LogP contribution in [0.15, 0.2) is 27.8 Å². The summed E-state index contributed by atoms with van der Waals surface area (Å²) in [7, 11) is 0. The molecule has 6 nitrogen and oxygen atoms in total. The van der Waals surface area contributed by atoms with Crippen molar-refractivity contribution in [2.24, 2.45) is 5.92 Å². The molecule has 3 rings (SSSR count). The van der Waals surface area contributed by atoms with Crippen molar-refractivity contribution in [3.8, 4) is 17.1 Å². The highest BCUT2D eigenvalue weighted by molar-refractivity contribution is 9.10. The van der Waals surface area contributed by atoms with Gasteiger partial charge in [-0.3, -0.25) is 9.89 Å². The first-order valence-corrected chi connectivity index (χ1v) is 10.1. The molecule has 1 aliphatic carbocycles. The van der Waals surface area contributed by atoms with Gasteiger partial charge in [0.2, 0.25) is 11.1 Å². The molecule has 8 heteroatoms. The Hall–Kier alpha value is -1.54. The molecule has 3 N–H and O–H groups in total. The van der Waals surface area contributed by atoms with Crippen molar-refractivity contribution >= 4 is 33.6 Å². The summed E-state index contributed by atoms with van der Waals surface area (Å²) < 4.78 is 0.840. The molecular formula is C17H21BrN4O2S. The molecule has 0 radical (unpaired) electrons. The number of benzene rings is 1. The number of nitrogens with one attached hydrogen (secondary N) is 2. The van der Waals surface area contributed by atoms with Gasteiger partial charge in [-0.25, -0.2) is 4.98 Å². The highest BCUT2D eigenvalue weighted by atomic mass is 79.9. The molecule has 0 aliphatic heterocycles. The minimum Gasteiger partial charge on any atom is -0.507 e. The Labute approximate surface area is 159 Å². The first-order chi connectivity index (χ1) is 12.0. The number of halogens is 1. The van der Waals surface area contributed by atoms with Crippen LogP contribution >= 0.6 is 27.7 Å². The average molecular weight is 425 g/mol.